The Morgan fingerprint density at radius 2 is 1.95 bits per heavy atom. The van der Waals surface area contributed by atoms with Crippen molar-refractivity contribution in [3.05, 3.63) is 24.0 Å². The summed E-state index contributed by atoms with van der Waals surface area (Å²) in [7, 11) is -3.51. The maximum absolute atomic E-state index is 11.6. The van der Waals surface area contributed by atoms with E-state index in [0.717, 1.165) is 50.0 Å². The lowest BCUT2D eigenvalue weighted by Crippen LogP contribution is -2.38. The Labute approximate surface area is 127 Å². The highest BCUT2D eigenvalue weighted by Gasteiger charge is 2.35. The average Bonchev–Trinajstić information content (AvgIpc) is 2.62. The lowest BCUT2D eigenvalue weighted by Gasteiger charge is -2.31. The minimum absolute atomic E-state index is 0.000685. The van der Waals surface area contributed by atoms with Crippen LogP contribution < -0.4 is 9.88 Å². The largest absolute Gasteiger partial charge is 0.491 e. The standard InChI is InChI=1S/C15H24N2O3S/c1-13-14(7-6-10-17-13)20-11-15(12-21(16,18)19)8-4-2-3-5-9-15/h6-7,10H,2-5,8-9,11-12H2,1H3,(H2,16,18,19). The Morgan fingerprint density at radius 1 is 1.29 bits per heavy atom. The number of nitrogens with zero attached hydrogens (tertiary/aromatic N) is 1. The molecule has 1 fully saturated rings. The number of primary sulfonamides is 1. The summed E-state index contributed by atoms with van der Waals surface area (Å²) >= 11 is 0. The minimum atomic E-state index is -3.51. The van der Waals surface area contributed by atoms with Crippen LogP contribution >= 0.6 is 0 Å². The Hall–Kier alpha value is -1.14. The summed E-state index contributed by atoms with van der Waals surface area (Å²) in [4.78, 5) is 4.19. The molecule has 0 amide bonds. The summed E-state index contributed by atoms with van der Waals surface area (Å²) in [5.41, 5.74) is 0.448. The molecule has 1 heterocycles. The van der Waals surface area contributed by atoms with Gasteiger partial charge < -0.3 is 4.74 Å². The van der Waals surface area contributed by atoms with Crippen LogP contribution in [0.25, 0.3) is 0 Å². The number of hydrogen-bond donors (Lipinski definition) is 1. The van der Waals surface area contributed by atoms with Gasteiger partial charge in [0.05, 0.1) is 18.1 Å². The van der Waals surface area contributed by atoms with Gasteiger partial charge in [-0.25, -0.2) is 13.6 Å². The molecule has 21 heavy (non-hydrogen) atoms. The molecule has 1 aliphatic rings. The number of aryl methyl sites for hydroxylation is 1. The molecule has 0 aliphatic heterocycles. The zero-order valence-corrected chi connectivity index (χ0v) is 13.4. The van der Waals surface area contributed by atoms with E-state index in [0.29, 0.717) is 6.61 Å². The first-order valence-corrected chi connectivity index (χ1v) is 9.17. The van der Waals surface area contributed by atoms with Gasteiger partial charge in [-0.15, -0.1) is 0 Å². The molecule has 1 saturated carbocycles. The topological polar surface area (TPSA) is 82.3 Å². The molecule has 0 saturated heterocycles. The second kappa shape index (κ2) is 6.75. The number of pyridine rings is 1. The Kier molecular flexibility index (Phi) is 5.22. The summed E-state index contributed by atoms with van der Waals surface area (Å²) in [6, 6.07) is 3.69. The molecule has 0 aromatic carbocycles. The van der Waals surface area contributed by atoms with Crippen LogP contribution in [0.15, 0.2) is 18.3 Å². The zero-order chi connectivity index (χ0) is 15.3. The highest BCUT2D eigenvalue weighted by Crippen LogP contribution is 2.36. The van der Waals surface area contributed by atoms with Crippen molar-refractivity contribution >= 4 is 10.0 Å². The van der Waals surface area contributed by atoms with Crippen molar-refractivity contribution in [2.75, 3.05) is 12.4 Å². The molecule has 6 heteroatoms. The van der Waals surface area contributed by atoms with Crippen molar-refractivity contribution in [3.63, 3.8) is 0 Å². The third kappa shape index (κ3) is 4.97. The van der Waals surface area contributed by atoms with E-state index in [4.69, 9.17) is 9.88 Å². The van der Waals surface area contributed by atoms with E-state index in [2.05, 4.69) is 4.98 Å². The van der Waals surface area contributed by atoms with Crippen LogP contribution in [0, 0.1) is 12.3 Å². The van der Waals surface area contributed by atoms with Gasteiger partial charge in [0.15, 0.2) is 0 Å². The minimum Gasteiger partial charge on any atom is -0.491 e. The van der Waals surface area contributed by atoms with Crippen molar-refractivity contribution in [1.29, 1.82) is 0 Å². The highest BCUT2D eigenvalue weighted by molar-refractivity contribution is 7.89. The van der Waals surface area contributed by atoms with Crippen molar-refractivity contribution in [3.8, 4) is 5.75 Å². The molecule has 0 atom stereocenters. The molecule has 1 aromatic rings. The molecule has 5 nitrogen and oxygen atoms in total. The van der Waals surface area contributed by atoms with Crippen LogP contribution in [-0.2, 0) is 10.0 Å². The van der Waals surface area contributed by atoms with E-state index in [1.165, 1.54) is 0 Å². The molecular weight excluding hydrogens is 288 g/mol. The number of nitrogens with two attached hydrogens (primary N) is 1. The SMILES string of the molecule is Cc1ncccc1OCC1(CS(N)(=O)=O)CCCCCC1. The number of hydrogen-bond acceptors (Lipinski definition) is 4. The van der Waals surface area contributed by atoms with E-state index in [9.17, 15) is 8.42 Å². The number of ether oxygens (including phenoxy) is 1. The normalized spacial score (nSPS) is 19.0. The molecule has 2 rings (SSSR count). The predicted molar refractivity (Wildman–Crippen MR) is 82.6 cm³/mol. The fourth-order valence-electron chi connectivity index (χ4n) is 3.09. The first kappa shape index (κ1) is 16.2. The van der Waals surface area contributed by atoms with E-state index < -0.39 is 10.0 Å². The van der Waals surface area contributed by atoms with Crippen LogP contribution in [0.5, 0.6) is 5.75 Å². The fourth-order valence-corrected chi connectivity index (χ4v) is 4.31. The van der Waals surface area contributed by atoms with Crippen LogP contribution in [-0.4, -0.2) is 25.8 Å². The molecule has 0 bridgehead atoms. The molecule has 0 unspecified atom stereocenters. The maximum atomic E-state index is 11.6. The first-order chi connectivity index (χ1) is 9.90. The molecule has 2 N–H and O–H groups in total. The van der Waals surface area contributed by atoms with Gasteiger partial charge >= 0.3 is 0 Å². The van der Waals surface area contributed by atoms with Crippen molar-refractivity contribution in [2.24, 2.45) is 10.6 Å². The van der Waals surface area contributed by atoms with E-state index in [-0.39, 0.29) is 11.2 Å². The molecule has 0 radical (unpaired) electrons. The number of rotatable bonds is 5. The average molecular weight is 312 g/mol. The Balaban J connectivity index is 2.14. The fraction of sp³-hybridized carbons (Fsp3) is 0.667. The summed E-state index contributed by atoms with van der Waals surface area (Å²) in [5, 5.41) is 5.31. The second-order valence-electron chi connectivity index (χ2n) is 6.10. The molecule has 1 aliphatic carbocycles. The van der Waals surface area contributed by atoms with Gasteiger partial charge in [0, 0.05) is 11.6 Å². The summed E-state index contributed by atoms with van der Waals surface area (Å²) in [5.74, 6) is 0.717. The number of sulfonamides is 1. The van der Waals surface area contributed by atoms with Gasteiger partial charge in [-0.2, -0.15) is 0 Å². The lowest BCUT2D eigenvalue weighted by atomic mass is 9.83. The van der Waals surface area contributed by atoms with Gasteiger partial charge in [0.2, 0.25) is 10.0 Å². The molecule has 0 spiro atoms. The van der Waals surface area contributed by atoms with Crippen molar-refractivity contribution in [1.82, 2.24) is 4.98 Å². The van der Waals surface area contributed by atoms with Gasteiger partial charge in [-0.1, -0.05) is 25.7 Å². The monoisotopic (exact) mass is 312 g/mol. The summed E-state index contributed by atoms with van der Waals surface area (Å²) in [6.07, 6.45) is 7.78. The second-order valence-corrected chi connectivity index (χ2v) is 7.71. The zero-order valence-electron chi connectivity index (χ0n) is 12.5. The van der Waals surface area contributed by atoms with Crippen molar-refractivity contribution < 1.29 is 13.2 Å². The number of aromatic nitrogens is 1. The van der Waals surface area contributed by atoms with E-state index in [1.54, 1.807) is 6.20 Å². The molecule has 118 valence electrons. The Morgan fingerprint density at radius 3 is 2.52 bits per heavy atom. The summed E-state index contributed by atoms with van der Waals surface area (Å²) in [6.45, 7) is 2.27. The third-order valence-corrected chi connectivity index (χ3v) is 5.18. The maximum Gasteiger partial charge on any atom is 0.209 e. The van der Waals surface area contributed by atoms with Crippen LogP contribution in [0.2, 0.25) is 0 Å². The lowest BCUT2D eigenvalue weighted by molar-refractivity contribution is 0.144. The third-order valence-electron chi connectivity index (χ3n) is 4.16. The van der Waals surface area contributed by atoms with Crippen LogP contribution in [0.4, 0.5) is 0 Å². The quantitative estimate of drug-likeness (QED) is 0.846. The van der Waals surface area contributed by atoms with E-state index >= 15 is 0 Å². The predicted octanol–water partition coefficient (Wildman–Crippen LogP) is 2.40. The van der Waals surface area contributed by atoms with Crippen molar-refractivity contribution in [2.45, 2.75) is 45.4 Å². The smallest absolute Gasteiger partial charge is 0.209 e. The molecule has 1 aromatic heterocycles. The van der Waals surface area contributed by atoms with Gasteiger partial charge in [-0.3, -0.25) is 4.98 Å². The van der Waals surface area contributed by atoms with Gasteiger partial charge in [0.1, 0.15) is 5.75 Å². The molecular formula is C15H24N2O3S. The first-order valence-electron chi connectivity index (χ1n) is 7.45. The van der Waals surface area contributed by atoms with E-state index in [1.807, 2.05) is 19.1 Å². The van der Waals surface area contributed by atoms with Crippen LogP contribution in [0.3, 0.4) is 0 Å². The van der Waals surface area contributed by atoms with Gasteiger partial charge in [0.25, 0.3) is 0 Å². The highest BCUT2D eigenvalue weighted by atomic mass is 32.2. The summed E-state index contributed by atoms with van der Waals surface area (Å²) < 4.78 is 29.1. The Bertz CT molecular complexity index is 564. The van der Waals surface area contributed by atoms with Crippen LogP contribution in [0.1, 0.15) is 44.2 Å². The van der Waals surface area contributed by atoms with Gasteiger partial charge in [-0.05, 0) is 31.9 Å².